The van der Waals surface area contributed by atoms with E-state index in [1.807, 2.05) is 18.2 Å². The molecule has 0 saturated carbocycles. The minimum Gasteiger partial charge on any atom is -0.325 e. The number of hydrogen-bond acceptors (Lipinski definition) is 2. The molecule has 4 nitrogen and oxygen atoms in total. The van der Waals surface area contributed by atoms with E-state index in [-0.39, 0.29) is 5.91 Å². The van der Waals surface area contributed by atoms with Gasteiger partial charge in [-0.2, -0.15) is 0 Å². The lowest BCUT2D eigenvalue weighted by Gasteiger charge is -2.28. The second-order valence-electron chi connectivity index (χ2n) is 5.79. The van der Waals surface area contributed by atoms with Gasteiger partial charge < -0.3 is 10.2 Å². The van der Waals surface area contributed by atoms with E-state index in [2.05, 4.69) is 5.32 Å². The molecule has 2 amide bonds. The maximum absolute atomic E-state index is 13.2. The second kappa shape index (κ2) is 6.60. The molecule has 0 saturated heterocycles. The molecule has 0 fully saturated rings. The van der Waals surface area contributed by atoms with Crippen LogP contribution in [0.2, 0.25) is 0 Å². The van der Waals surface area contributed by atoms with E-state index >= 15 is 0 Å². The monoisotopic (exact) mass is 314 g/mol. The van der Waals surface area contributed by atoms with E-state index in [1.54, 1.807) is 39.1 Å². The highest BCUT2D eigenvalue weighted by molar-refractivity contribution is 6.14. The second-order valence-corrected chi connectivity index (χ2v) is 5.79. The topological polar surface area (TPSA) is 49.4 Å². The zero-order valence-corrected chi connectivity index (χ0v) is 13.3. The van der Waals surface area contributed by atoms with Crippen LogP contribution >= 0.6 is 0 Å². The normalized spacial score (nSPS) is 11.0. The Morgan fingerprint density at radius 1 is 1.04 bits per heavy atom. The summed E-state index contributed by atoms with van der Waals surface area (Å²) in [5.74, 6) is -1.29. The van der Waals surface area contributed by atoms with Crippen molar-refractivity contribution in [2.45, 2.75) is 13.8 Å². The molecule has 120 valence electrons. The van der Waals surface area contributed by atoms with Crippen molar-refractivity contribution in [1.29, 1.82) is 0 Å². The van der Waals surface area contributed by atoms with E-state index < -0.39 is 17.1 Å². The highest BCUT2D eigenvalue weighted by Crippen LogP contribution is 2.24. The Bertz CT molecular complexity index is 714. The van der Waals surface area contributed by atoms with Gasteiger partial charge in [0.1, 0.15) is 11.2 Å². The van der Waals surface area contributed by atoms with Crippen molar-refractivity contribution >= 4 is 23.2 Å². The molecule has 0 heterocycles. The van der Waals surface area contributed by atoms with Crippen molar-refractivity contribution in [2.75, 3.05) is 17.3 Å². The average molecular weight is 314 g/mol. The molecule has 2 aromatic rings. The summed E-state index contributed by atoms with van der Waals surface area (Å²) in [5.41, 5.74) is -0.279. The molecule has 5 heteroatoms. The highest BCUT2D eigenvalue weighted by Gasteiger charge is 2.38. The number of para-hydroxylation sites is 1. The molecular formula is C18H19FN2O2. The highest BCUT2D eigenvalue weighted by atomic mass is 19.1. The van der Waals surface area contributed by atoms with E-state index in [0.717, 1.165) is 0 Å². The third-order valence-corrected chi connectivity index (χ3v) is 3.63. The van der Waals surface area contributed by atoms with Crippen LogP contribution < -0.4 is 10.2 Å². The predicted octanol–water partition coefficient (Wildman–Crippen LogP) is 3.45. The zero-order valence-electron chi connectivity index (χ0n) is 13.3. The Hall–Kier alpha value is -2.69. The number of halogens is 1. The van der Waals surface area contributed by atoms with Gasteiger partial charge in [-0.3, -0.25) is 9.59 Å². The van der Waals surface area contributed by atoms with Crippen LogP contribution in [-0.4, -0.2) is 18.9 Å². The summed E-state index contributed by atoms with van der Waals surface area (Å²) in [7, 11) is 1.62. The summed E-state index contributed by atoms with van der Waals surface area (Å²) in [6.45, 7) is 3.09. The first kappa shape index (κ1) is 16.7. The fraction of sp³-hybridized carbons (Fsp3) is 0.222. The number of anilines is 2. The fourth-order valence-electron chi connectivity index (χ4n) is 2.14. The van der Waals surface area contributed by atoms with Crippen molar-refractivity contribution < 1.29 is 14.0 Å². The molecule has 23 heavy (non-hydrogen) atoms. The molecule has 0 bridgehead atoms. The first-order valence-electron chi connectivity index (χ1n) is 7.22. The molecule has 0 atom stereocenters. The maximum atomic E-state index is 13.2. The number of amides is 2. The van der Waals surface area contributed by atoms with Crippen LogP contribution in [0, 0.1) is 11.2 Å². The van der Waals surface area contributed by atoms with E-state index in [1.165, 1.54) is 23.1 Å². The largest absolute Gasteiger partial charge is 0.325 e. The number of carbonyl (C=O) groups excluding carboxylic acids is 2. The van der Waals surface area contributed by atoms with Gasteiger partial charge in [-0.05, 0) is 44.2 Å². The van der Waals surface area contributed by atoms with Crippen LogP contribution in [0.4, 0.5) is 15.8 Å². The smallest absolute Gasteiger partial charge is 0.241 e. The van der Waals surface area contributed by atoms with Crippen molar-refractivity contribution in [2.24, 2.45) is 5.41 Å². The van der Waals surface area contributed by atoms with Crippen molar-refractivity contribution in [3.63, 3.8) is 0 Å². The van der Waals surface area contributed by atoms with Gasteiger partial charge >= 0.3 is 0 Å². The van der Waals surface area contributed by atoms with Crippen LogP contribution in [0.5, 0.6) is 0 Å². The molecule has 0 spiro atoms. The Balaban J connectivity index is 2.16. The van der Waals surface area contributed by atoms with Gasteiger partial charge in [0, 0.05) is 18.4 Å². The molecule has 0 aliphatic rings. The number of benzene rings is 2. The Labute approximate surface area is 134 Å². The van der Waals surface area contributed by atoms with Crippen LogP contribution in [-0.2, 0) is 9.59 Å². The van der Waals surface area contributed by atoms with Gasteiger partial charge in [-0.25, -0.2) is 4.39 Å². The van der Waals surface area contributed by atoms with Gasteiger partial charge in [-0.15, -0.1) is 0 Å². The van der Waals surface area contributed by atoms with E-state index in [0.29, 0.717) is 11.4 Å². The zero-order chi connectivity index (χ0) is 17.0. The average Bonchev–Trinajstić information content (AvgIpc) is 2.54. The number of rotatable bonds is 4. The molecule has 2 aromatic carbocycles. The van der Waals surface area contributed by atoms with Crippen molar-refractivity contribution in [1.82, 2.24) is 0 Å². The molecule has 0 unspecified atom stereocenters. The van der Waals surface area contributed by atoms with Gasteiger partial charge in [0.25, 0.3) is 0 Å². The Morgan fingerprint density at radius 2 is 1.70 bits per heavy atom. The number of carbonyl (C=O) groups is 2. The summed E-state index contributed by atoms with van der Waals surface area (Å²) >= 11 is 0. The van der Waals surface area contributed by atoms with Crippen LogP contribution in [0.25, 0.3) is 0 Å². The van der Waals surface area contributed by atoms with Gasteiger partial charge in [0.2, 0.25) is 11.8 Å². The first-order valence-corrected chi connectivity index (χ1v) is 7.22. The van der Waals surface area contributed by atoms with Crippen LogP contribution in [0.15, 0.2) is 54.6 Å². The molecule has 0 aliphatic heterocycles. The van der Waals surface area contributed by atoms with Gasteiger partial charge in [0.05, 0.1) is 0 Å². The summed E-state index contributed by atoms with van der Waals surface area (Å²) in [6, 6.07) is 14.6. The van der Waals surface area contributed by atoms with Crippen LogP contribution in [0.1, 0.15) is 13.8 Å². The Kier molecular flexibility index (Phi) is 4.79. The lowest BCUT2D eigenvalue weighted by atomic mass is 9.90. The molecule has 0 aliphatic carbocycles. The van der Waals surface area contributed by atoms with Gasteiger partial charge in [0.15, 0.2) is 0 Å². The number of nitrogens with one attached hydrogen (secondary N) is 1. The van der Waals surface area contributed by atoms with E-state index in [4.69, 9.17) is 0 Å². The standard InChI is InChI=1S/C18H19FN2O2/c1-18(2,16(22)20-14-9-7-8-13(19)12-14)17(23)21(3)15-10-5-4-6-11-15/h4-12H,1-3H3,(H,20,22). The van der Waals surface area contributed by atoms with Crippen molar-refractivity contribution in [3.05, 3.63) is 60.4 Å². The fourth-order valence-corrected chi connectivity index (χ4v) is 2.14. The minimum absolute atomic E-state index is 0.318. The first-order chi connectivity index (χ1) is 10.8. The Morgan fingerprint density at radius 3 is 2.30 bits per heavy atom. The molecule has 1 N–H and O–H groups in total. The van der Waals surface area contributed by atoms with E-state index in [9.17, 15) is 14.0 Å². The number of nitrogens with zero attached hydrogens (tertiary/aromatic N) is 1. The van der Waals surface area contributed by atoms with Crippen LogP contribution in [0.3, 0.4) is 0 Å². The number of hydrogen-bond donors (Lipinski definition) is 1. The minimum atomic E-state index is -1.29. The lowest BCUT2D eigenvalue weighted by Crippen LogP contribution is -2.46. The summed E-state index contributed by atoms with van der Waals surface area (Å²) in [5, 5.41) is 2.58. The molecular weight excluding hydrogens is 295 g/mol. The third-order valence-electron chi connectivity index (χ3n) is 3.63. The summed E-state index contributed by atoms with van der Waals surface area (Å²) < 4.78 is 13.2. The molecule has 2 rings (SSSR count). The third kappa shape index (κ3) is 3.74. The van der Waals surface area contributed by atoms with Gasteiger partial charge in [-0.1, -0.05) is 24.3 Å². The summed E-state index contributed by atoms with van der Waals surface area (Å²) in [4.78, 5) is 26.5. The molecule has 0 radical (unpaired) electrons. The molecule has 0 aromatic heterocycles. The van der Waals surface area contributed by atoms with Crippen molar-refractivity contribution in [3.8, 4) is 0 Å². The SMILES string of the molecule is CN(C(=O)C(C)(C)C(=O)Nc1cccc(F)c1)c1ccccc1. The lowest BCUT2D eigenvalue weighted by molar-refractivity contribution is -0.136. The maximum Gasteiger partial charge on any atom is 0.241 e. The quantitative estimate of drug-likeness (QED) is 0.879. The summed E-state index contributed by atoms with van der Waals surface area (Å²) in [6.07, 6.45) is 0. The predicted molar refractivity (Wildman–Crippen MR) is 88.7 cm³/mol.